The largest absolute Gasteiger partial charge is 0.455 e. The van der Waals surface area contributed by atoms with Crippen molar-refractivity contribution in [3.63, 3.8) is 0 Å². The van der Waals surface area contributed by atoms with Crippen LogP contribution in [0.1, 0.15) is 6.42 Å². The summed E-state index contributed by atoms with van der Waals surface area (Å²) in [5.74, 6) is 0. The maximum absolute atomic E-state index is 11.8. The number of quaternary nitrogens is 1. The van der Waals surface area contributed by atoms with Crippen LogP contribution < -0.4 is 10.6 Å². The maximum atomic E-state index is 11.8. The number of nitrogens with zero attached hydrogens (tertiary/aromatic N) is 2. The Hall–Kier alpha value is -1.73. The molecule has 17 heavy (non-hydrogen) atoms. The van der Waals surface area contributed by atoms with Crippen molar-refractivity contribution in [3.05, 3.63) is 12.3 Å². The van der Waals surface area contributed by atoms with Gasteiger partial charge in [-0.1, -0.05) is 9.69 Å². The summed E-state index contributed by atoms with van der Waals surface area (Å²) in [4.78, 5) is 23.3. The monoisotopic (exact) mass is 239 g/mol. The van der Waals surface area contributed by atoms with Gasteiger partial charge in [-0.25, -0.2) is 14.9 Å². The molecular formula is C10H15N4O3+. The first-order valence-electron chi connectivity index (χ1n) is 5.39. The summed E-state index contributed by atoms with van der Waals surface area (Å²) in [5.41, 5.74) is 0. The van der Waals surface area contributed by atoms with Crippen LogP contribution in [0.5, 0.6) is 0 Å². The number of ether oxygens (including phenoxy) is 1. The number of carbonyl (C=O) groups is 2. The summed E-state index contributed by atoms with van der Waals surface area (Å²) in [7, 11) is 1.58. The summed E-state index contributed by atoms with van der Waals surface area (Å²) in [6, 6.07) is -1.03. The molecule has 0 aromatic carbocycles. The average Bonchev–Trinajstić information content (AvgIpc) is 2.90. The molecule has 0 aromatic heterocycles. The molecule has 2 atom stereocenters. The minimum Gasteiger partial charge on any atom is -0.379 e. The van der Waals surface area contributed by atoms with Crippen molar-refractivity contribution in [2.45, 2.75) is 12.5 Å². The number of imide groups is 1. The zero-order valence-electron chi connectivity index (χ0n) is 9.55. The number of allylic oxidation sites excluding steroid dienone is 1. The van der Waals surface area contributed by atoms with Crippen LogP contribution in [0.3, 0.4) is 0 Å². The summed E-state index contributed by atoms with van der Waals surface area (Å²) in [6.45, 7) is 1.13. The molecule has 0 aliphatic carbocycles. The molecule has 0 saturated carbocycles. The lowest BCUT2D eigenvalue weighted by Gasteiger charge is -2.18. The molecule has 2 rings (SSSR count). The summed E-state index contributed by atoms with van der Waals surface area (Å²) in [5, 5.41) is 8.86. The third-order valence-corrected chi connectivity index (χ3v) is 2.67. The fraction of sp³-hybridized carbons (Fsp3) is 0.500. The molecular weight excluding hydrogens is 224 g/mol. The van der Waals surface area contributed by atoms with E-state index in [9.17, 15) is 9.59 Å². The molecule has 0 aromatic rings. The quantitative estimate of drug-likeness (QED) is 0.639. The van der Waals surface area contributed by atoms with E-state index in [4.69, 9.17) is 4.74 Å². The molecule has 2 aliphatic rings. The lowest BCUT2D eigenvalue weighted by atomic mass is 10.3. The molecule has 0 spiro atoms. The molecule has 2 aliphatic heterocycles. The molecule has 92 valence electrons. The lowest BCUT2D eigenvalue weighted by Crippen LogP contribution is -2.52. The highest BCUT2D eigenvalue weighted by molar-refractivity contribution is 5.91. The molecule has 7 nitrogen and oxygen atoms in total. The van der Waals surface area contributed by atoms with Crippen molar-refractivity contribution in [2.75, 3.05) is 20.3 Å². The van der Waals surface area contributed by atoms with Gasteiger partial charge >= 0.3 is 12.1 Å². The van der Waals surface area contributed by atoms with E-state index in [1.807, 2.05) is 0 Å². The second-order valence-corrected chi connectivity index (χ2v) is 4.10. The van der Waals surface area contributed by atoms with E-state index >= 15 is 0 Å². The standard InChI is InChI=1S/C10H14N4O3/c1-14(5-2-4-11-14)10(16)13-9(15)12-8-3-6-17-7-8/h2,4-5,8H,3,6-7H2,1H3,(H-,12,13,15,16)/p+1/t8?,14-/m1/s1. The fourth-order valence-corrected chi connectivity index (χ4v) is 1.62. The Kier molecular flexibility index (Phi) is 3.21. The highest BCUT2D eigenvalue weighted by atomic mass is 16.5. The van der Waals surface area contributed by atoms with Gasteiger partial charge in [0, 0.05) is 12.7 Å². The minimum atomic E-state index is -0.514. The third-order valence-electron chi connectivity index (χ3n) is 2.67. The van der Waals surface area contributed by atoms with Gasteiger partial charge in [0.15, 0.2) is 0 Å². The molecule has 1 unspecified atom stereocenters. The molecule has 0 radical (unpaired) electrons. The predicted molar refractivity (Wildman–Crippen MR) is 60.1 cm³/mol. The molecule has 1 fully saturated rings. The van der Waals surface area contributed by atoms with Gasteiger partial charge < -0.3 is 10.1 Å². The van der Waals surface area contributed by atoms with Gasteiger partial charge in [0.25, 0.3) is 0 Å². The number of urea groups is 2. The molecule has 4 amide bonds. The van der Waals surface area contributed by atoms with Crippen molar-refractivity contribution in [2.24, 2.45) is 5.10 Å². The van der Waals surface area contributed by atoms with Crippen molar-refractivity contribution in [3.8, 4) is 0 Å². The molecule has 2 N–H and O–H groups in total. The van der Waals surface area contributed by atoms with Gasteiger partial charge in [-0.15, -0.1) is 0 Å². The van der Waals surface area contributed by atoms with Crippen LogP contribution in [0.2, 0.25) is 0 Å². The van der Waals surface area contributed by atoms with E-state index in [1.54, 1.807) is 19.3 Å². The number of rotatable bonds is 1. The highest BCUT2D eigenvalue weighted by Crippen LogP contribution is 2.10. The Bertz CT molecular complexity index is 373. The molecule has 1 saturated heterocycles. The Morgan fingerprint density at radius 2 is 2.35 bits per heavy atom. The van der Waals surface area contributed by atoms with Crippen LogP contribution in [0.15, 0.2) is 17.4 Å². The topological polar surface area (TPSA) is 79.8 Å². The maximum Gasteiger partial charge on any atom is 0.455 e. The first-order valence-corrected chi connectivity index (χ1v) is 5.39. The number of hydrogen-bond acceptors (Lipinski definition) is 4. The van der Waals surface area contributed by atoms with E-state index in [2.05, 4.69) is 15.7 Å². The Labute approximate surface area is 98.7 Å². The SMILES string of the molecule is C[N@+]1(C(=O)NC(=O)NC2CCOC2)C=CC=N1. The third kappa shape index (κ3) is 2.69. The Morgan fingerprint density at radius 1 is 1.53 bits per heavy atom. The van der Waals surface area contributed by atoms with Crippen LogP contribution >= 0.6 is 0 Å². The van der Waals surface area contributed by atoms with Crippen LogP contribution in [-0.4, -0.2) is 49.2 Å². The number of carbonyl (C=O) groups excluding carboxylic acids is 2. The number of amides is 4. The molecule has 7 heteroatoms. The first kappa shape index (κ1) is 11.7. The Morgan fingerprint density at radius 3 is 2.94 bits per heavy atom. The van der Waals surface area contributed by atoms with E-state index in [0.717, 1.165) is 6.42 Å². The smallest absolute Gasteiger partial charge is 0.379 e. The highest BCUT2D eigenvalue weighted by Gasteiger charge is 2.33. The minimum absolute atomic E-state index is 0.0225. The van der Waals surface area contributed by atoms with E-state index in [1.165, 1.54) is 6.21 Å². The van der Waals surface area contributed by atoms with Crippen LogP contribution in [0.25, 0.3) is 0 Å². The van der Waals surface area contributed by atoms with Gasteiger partial charge in [0.2, 0.25) is 0 Å². The molecule has 0 bridgehead atoms. The normalized spacial score (nSPS) is 30.5. The van der Waals surface area contributed by atoms with E-state index < -0.39 is 12.1 Å². The zero-order chi connectivity index (χ0) is 12.3. The van der Waals surface area contributed by atoms with Gasteiger partial charge in [-0.05, 0) is 6.42 Å². The average molecular weight is 239 g/mol. The summed E-state index contributed by atoms with van der Waals surface area (Å²) in [6.07, 6.45) is 5.53. The summed E-state index contributed by atoms with van der Waals surface area (Å²) < 4.78 is 4.82. The molecule has 2 heterocycles. The van der Waals surface area contributed by atoms with Crippen LogP contribution in [0.4, 0.5) is 9.59 Å². The van der Waals surface area contributed by atoms with Crippen LogP contribution in [0, 0.1) is 0 Å². The number of hydrogen-bond donors (Lipinski definition) is 2. The lowest BCUT2D eigenvalue weighted by molar-refractivity contribution is -0.779. The first-order chi connectivity index (χ1) is 8.10. The van der Waals surface area contributed by atoms with Gasteiger partial charge in [0.05, 0.1) is 18.9 Å². The van der Waals surface area contributed by atoms with E-state index in [-0.39, 0.29) is 10.6 Å². The zero-order valence-corrected chi connectivity index (χ0v) is 9.55. The van der Waals surface area contributed by atoms with Crippen molar-refractivity contribution in [1.29, 1.82) is 0 Å². The second-order valence-electron chi connectivity index (χ2n) is 4.10. The van der Waals surface area contributed by atoms with Crippen LogP contribution in [-0.2, 0) is 4.74 Å². The fourth-order valence-electron chi connectivity index (χ4n) is 1.62. The second kappa shape index (κ2) is 4.64. The predicted octanol–water partition coefficient (Wildman–Crippen LogP) is 0.154. The Balaban J connectivity index is 1.84. The van der Waals surface area contributed by atoms with Gasteiger partial charge in [0.1, 0.15) is 13.2 Å². The van der Waals surface area contributed by atoms with E-state index in [0.29, 0.717) is 13.2 Å². The van der Waals surface area contributed by atoms with Crippen molar-refractivity contribution in [1.82, 2.24) is 10.6 Å². The van der Waals surface area contributed by atoms with Gasteiger partial charge in [-0.3, -0.25) is 0 Å². The van der Waals surface area contributed by atoms with Gasteiger partial charge in [-0.2, -0.15) is 0 Å². The van der Waals surface area contributed by atoms with Crippen molar-refractivity contribution >= 4 is 18.3 Å². The summed E-state index contributed by atoms with van der Waals surface area (Å²) >= 11 is 0. The number of nitrogens with one attached hydrogen (secondary N) is 2. The van der Waals surface area contributed by atoms with Crippen molar-refractivity contribution < 1.29 is 18.9 Å².